The standard InChI is InChI=1S/C37H38O2.C13H10/c38-35-21-19-27(23-31(35)25-11-3-1-4-12-25)37(28-20-22-36(39)32(24-28)26-13-5-2-6-14-26)33-17-9-7-15-29(33)30-16-8-10-18-34(30)37;1-3-7-12-10(5-1)9-11-6-2-4-8-13(11)12/h7-10,15-26,38-39H,1-6,11-14H2;1-8H,9H2. The lowest BCUT2D eigenvalue weighted by molar-refractivity contribution is 0.413. The molecule has 260 valence electrons. The molecule has 6 aromatic rings. The summed E-state index contributed by atoms with van der Waals surface area (Å²) in [4.78, 5) is 0. The van der Waals surface area contributed by atoms with Crippen molar-refractivity contribution in [2.24, 2.45) is 0 Å². The van der Waals surface area contributed by atoms with E-state index in [1.54, 1.807) is 0 Å². The first-order valence-corrected chi connectivity index (χ1v) is 19.7. The van der Waals surface area contributed by atoms with Crippen LogP contribution in [0.5, 0.6) is 11.5 Å². The largest absolute Gasteiger partial charge is 0.508 e. The van der Waals surface area contributed by atoms with Crippen molar-refractivity contribution in [3.05, 3.63) is 178 Å². The third-order valence-corrected chi connectivity index (χ3v) is 12.7. The molecular weight excluding hydrogens is 633 g/mol. The molecule has 2 nitrogen and oxygen atoms in total. The van der Waals surface area contributed by atoms with E-state index in [0.717, 1.165) is 43.2 Å². The van der Waals surface area contributed by atoms with Gasteiger partial charge in [0.2, 0.25) is 0 Å². The molecule has 4 aliphatic carbocycles. The number of phenols is 2. The Labute approximate surface area is 308 Å². The lowest BCUT2D eigenvalue weighted by Crippen LogP contribution is -2.29. The van der Waals surface area contributed by atoms with Crippen LogP contribution >= 0.6 is 0 Å². The number of benzene rings is 6. The monoisotopic (exact) mass is 680 g/mol. The molecule has 0 aliphatic heterocycles. The fourth-order valence-electron chi connectivity index (χ4n) is 10.2. The summed E-state index contributed by atoms with van der Waals surface area (Å²) in [6.45, 7) is 0. The van der Waals surface area contributed by atoms with Crippen LogP contribution in [0.4, 0.5) is 0 Å². The third-order valence-electron chi connectivity index (χ3n) is 12.7. The zero-order valence-electron chi connectivity index (χ0n) is 30.0. The molecule has 2 heteroatoms. The number of aromatic hydroxyl groups is 2. The molecule has 2 saturated carbocycles. The topological polar surface area (TPSA) is 40.5 Å². The van der Waals surface area contributed by atoms with Gasteiger partial charge in [-0.25, -0.2) is 0 Å². The minimum atomic E-state index is -0.512. The Morgan fingerprint density at radius 3 is 1.23 bits per heavy atom. The van der Waals surface area contributed by atoms with Gasteiger partial charge < -0.3 is 10.2 Å². The minimum Gasteiger partial charge on any atom is -0.508 e. The van der Waals surface area contributed by atoms with Crippen LogP contribution in [0.25, 0.3) is 22.3 Å². The van der Waals surface area contributed by atoms with Crippen molar-refractivity contribution in [1.29, 1.82) is 0 Å². The van der Waals surface area contributed by atoms with Crippen LogP contribution in [0, 0.1) is 0 Å². The normalized spacial score (nSPS) is 17.3. The Bertz CT molecular complexity index is 2070. The summed E-state index contributed by atoms with van der Waals surface area (Å²) in [6.07, 6.45) is 13.2. The average molecular weight is 681 g/mol. The SMILES string of the molecule is Oc1ccc(C2(c3ccc(O)c(C4CCCCC4)c3)c3ccccc3-c3ccccc32)cc1C1CCCCC1.c1ccc2c(c1)Cc1ccccc1-2. The zero-order chi connectivity index (χ0) is 35.1. The molecule has 6 aromatic carbocycles. The summed E-state index contributed by atoms with van der Waals surface area (Å²) < 4.78 is 0. The molecule has 0 atom stereocenters. The summed E-state index contributed by atoms with van der Waals surface area (Å²) in [5, 5.41) is 22.2. The Morgan fingerprint density at radius 1 is 0.404 bits per heavy atom. The molecule has 0 bridgehead atoms. The van der Waals surface area contributed by atoms with Gasteiger partial charge in [-0.3, -0.25) is 0 Å². The van der Waals surface area contributed by atoms with Crippen molar-refractivity contribution >= 4 is 0 Å². The second kappa shape index (κ2) is 13.8. The van der Waals surface area contributed by atoms with E-state index in [1.165, 1.54) is 94.2 Å². The number of hydrogen-bond acceptors (Lipinski definition) is 2. The quantitative estimate of drug-likeness (QED) is 0.194. The molecular formula is C50H48O2. The van der Waals surface area contributed by atoms with Crippen LogP contribution in [-0.2, 0) is 11.8 Å². The van der Waals surface area contributed by atoms with Crippen LogP contribution in [0.2, 0.25) is 0 Å². The summed E-state index contributed by atoms with van der Waals surface area (Å²) in [6, 6.07) is 47.8. The van der Waals surface area contributed by atoms with Crippen LogP contribution < -0.4 is 0 Å². The summed E-state index contributed by atoms with van der Waals surface area (Å²) in [5.41, 5.74) is 15.0. The van der Waals surface area contributed by atoms with E-state index in [2.05, 4.69) is 121 Å². The minimum absolute atomic E-state index is 0.403. The van der Waals surface area contributed by atoms with Gasteiger partial charge in [-0.2, -0.15) is 0 Å². The maximum Gasteiger partial charge on any atom is 0.119 e. The average Bonchev–Trinajstić information content (AvgIpc) is 3.74. The molecule has 0 saturated heterocycles. The van der Waals surface area contributed by atoms with Crippen molar-refractivity contribution in [3.8, 4) is 33.8 Å². The summed E-state index contributed by atoms with van der Waals surface area (Å²) in [5.74, 6) is 1.66. The number of rotatable bonds is 4. The van der Waals surface area contributed by atoms with Crippen molar-refractivity contribution in [2.45, 2.75) is 87.9 Å². The second-order valence-electron chi connectivity index (χ2n) is 15.5. The van der Waals surface area contributed by atoms with Gasteiger partial charge in [-0.1, -0.05) is 160 Å². The molecule has 0 heterocycles. The highest BCUT2D eigenvalue weighted by Crippen LogP contribution is 2.57. The van der Waals surface area contributed by atoms with Gasteiger partial charge in [0.15, 0.2) is 0 Å². The van der Waals surface area contributed by atoms with E-state index >= 15 is 0 Å². The maximum absolute atomic E-state index is 11.1. The molecule has 0 radical (unpaired) electrons. The van der Waals surface area contributed by atoms with Crippen molar-refractivity contribution < 1.29 is 10.2 Å². The van der Waals surface area contributed by atoms with Crippen LogP contribution in [0.15, 0.2) is 133 Å². The van der Waals surface area contributed by atoms with E-state index in [-0.39, 0.29) is 0 Å². The molecule has 4 aliphatic rings. The van der Waals surface area contributed by atoms with Gasteiger partial charge >= 0.3 is 0 Å². The predicted molar refractivity (Wildman–Crippen MR) is 213 cm³/mol. The van der Waals surface area contributed by atoms with Crippen molar-refractivity contribution in [1.82, 2.24) is 0 Å². The van der Waals surface area contributed by atoms with Crippen LogP contribution in [0.3, 0.4) is 0 Å². The van der Waals surface area contributed by atoms with Gasteiger partial charge in [-0.05, 0) is 123 Å². The highest BCUT2D eigenvalue weighted by Gasteiger charge is 2.46. The van der Waals surface area contributed by atoms with Gasteiger partial charge in [0.1, 0.15) is 11.5 Å². The number of fused-ring (bicyclic) bond motifs is 6. The molecule has 2 N–H and O–H groups in total. The Kier molecular flexibility index (Phi) is 8.71. The van der Waals surface area contributed by atoms with E-state index < -0.39 is 5.41 Å². The highest BCUT2D eigenvalue weighted by atomic mass is 16.3. The number of phenolic OH excluding ortho intramolecular Hbond substituents is 2. The molecule has 52 heavy (non-hydrogen) atoms. The maximum atomic E-state index is 11.1. The van der Waals surface area contributed by atoms with E-state index in [9.17, 15) is 10.2 Å². The summed E-state index contributed by atoms with van der Waals surface area (Å²) in [7, 11) is 0. The first-order chi connectivity index (χ1) is 25.6. The second-order valence-corrected chi connectivity index (χ2v) is 15.5. The van der Waals surface area contributed by atoms with E-state index in [0.29, 0.717) is 23.3 Å². The molecule has 0 unspecified atom stereocenters. The van der Waals surface area contributed by atoms with Crippen LogP contribution in [-0.4, -0.2) is 10.2 Å². The Balaban J connectivity index is 0.000000231. The molecule has 2 fully saturated rings. The fraction of sp³-hybridized carbons (Fsp3) is 0.280. The van der Waals surface area contributed by atoms with Crippen LogP contribution in [0.1, 0.15) is 121 Å². The zero-order valence-corrected chi connectivity index (χ0v) is 30.0. The van der Waals surface area contributed by atoms with Crippen molar-refractivity contribution in [2.75, 3.05) is 0 Å². The van der Waals surface area contributed by atoms with Gasteiger partial charge in [-0.15, -0.1) is 0 Å². The molecule has 0 aromatic heterocycles. The fourth-order valence-corrected chi connectivity index (χ4v) is 10.2. The van der Waals surface area contributed by atoms with Gasteiger partial charge in [0.25, 0.3) is 0 Å². The van der Waals surface area contributed by atoms with Gasteiger partial charge in [0, 0.05) is 0 Å². The van der Waals surface area contributed by atoms with E-state index in [4.69, 9.17) is 0 Å². The van der Waals surface area contributed by atoms with Crippen molar-refractivity contribution in [3.63, 3.8) is 0 Å². The molecule has 10 rings (SSSR count). The summed E-state index contributed by atoms with van der Waals surface area (Å²) >= 11 is 0. The molecule has 0 spiro atoms. The highest BCUT2D eigenvalue weighted by molar-refractivity contribution is 5.86. The Morgan fingerprint density at radius 2 is 0.788 bits per heavy atom. The Hall–Kier alpha value is -5.08. The number of hydrogen-bond donors (Lipinski definition) is 2. The lowest BCUT2D eigenvalue weighted by Gasteiger charge is -2.36. The van der Waals surface area contributed by atoms with Gasteiger partial charge in [0.05, 0.1) is 5.41 Å². The smallest absolute Gasteiger partial charge is 0.119 e. The third kappa shape index (κ3) is 5.55. The predicted octanol–water partition coefficient (Wildman–Crippen LogP) is 12.8. The van der Waals surface area contributed by atoms with E-state index in [1.807, 2.05) is 12.1 Å². The molecule has 0 amide bonds. The first kappa shape index (κ1) is 32.8. The first-order valence-electron chi connectivity index (χ1n) is 19.7. The lowest BCUT2D eigenvalue weighted by atomic mass is 9.66.